The number of hydrogen-bond acceptors (Lipinski definition) is 3. The van der Waals surface area contributed by atoms with Crippen LogP contribution in [0.5, 0.6) is 0 Å². The Labute approximate surface area is 137 Å². The molecule has 124 valence electrons. The molecule has 1 amide bonds. The van der Waals surface area contributed by atoms with Crippen LogP contribution in [-0.2, 0) is 0 Å². The zero-order chi connectivity index (χ0) is 16.1. The summed E-state index contributed by atoms with van der Waals surface area (Å²) in [6.45, 7) is 6.65. The highest BCUT2D eigenvalue weighted by molar-refractivity contribution is 5.95. The molecule has 1 aliphatic heterocycles. The predicted octanol–water partition coefficient (Wildman–Crippen LogP) is 3.67. The van der Waals surface area contributed by atoms with Gasteiger partial charge in [0.25, 0.3) is 5.91 Å². The summed E-state index contributed by atoms with van der Waals surface area (Å²) in [5.41, 5.74) is 0.761. The van der Waals surface area contributed by atoms with Crippen LogP contribution in [-0.4, -0.2) is 37.0 Å². The largest absolute Gasteiger partial charge is 0.451 e. The van der Waals surface area contributed by atoms with E-state index in [9.17, 15) is 4.79 Å². The van der Waals surface area contributed by atoms with Crippen LogP contribution >= 0.6 is 0 Å². The molecule has 2 aromatic rings. The molecule has 1 N–H and O–H groups in total. The van der Waals surface area contributed by atoms with E-state index in [1.807, 2.05) is 24.3 Å². The lowest BCUT2D eigenvalue weighted by Gasteiger charge is -2.30. The molecule has 0 radical (unpaired) electrons. The highest BCUT2D eigenvalue weighted by Gasteiger charge is 2.15. The normalized spacial score (nSPS) is 16.7. The zero-order valence-electron chi connectivity index (χ0n) is 13.9. The van der Waals surface area contributed by atoms with Crippen LogP contribution < -0.4 is 5.32 Å². The third-order valence-electron chi connectivity index (χ3n) is 4.71. The Kier molecular flexibility index (Phi) is 5.34. The van der Waals surface area contributed by atoms with E-state index in [4.69, 9.17) is 4.42 Å². The summed E-state index contributed by atoms with van der Waals surface area (Å²) in [7, 11) is 0. The second kappa shape index (κ2) is 7.64. The quantitative estimate of drug-likeness (QED) is 0.827. The van der Waals surface area contributed by atoms with Gasteiger partial charge in [-0.25, -0.2) is 0 Å². The number of carbonyl (C=O) groups is 1. The van der Waals surface area contributed by atoms with E-state index in [1.54, 1.807) is 6.07 Å². The van der Waals surface area contributed by atoms with Crippen molar-refractivity contribution in [1.82, 2.24) is 10.2 Å². The fourth-order valence-electron chi connectivity index (χ4n) is 3.13. The number of furan rings is 1. The lowest BCUT2D eigenvalue weighted by Crippen LogP contribution is -2.34. The topological polar surface area (TPSA) is 45.5 Å². The van der Waals surface area contributed by atoms with E-state index in [2.05, 4.69) is 17.1 Å². The molecule has 0 bridgehead atoms. The molecule has 4 heteroatoms. The van der Waals surface area contributed by atoms with Gasteiger partial charge in [0.05, 0.1) is 0 Å². The van der Waals surface area contributed by atoms with E-state index in [1.165, 1.54) is 25.9 Å². The number of carbonyl (C=O) groups excluding carboxylic acids is 1. The molecule has 1 fully saturated rings. The lowest BCUT2D eigenvalue weighted by atomic mass is 9.99. The Morgan fingerprint density at radius 1 is 1.26 bits per heavy atom. The molecule has 0 atom stereocenters. The van der Waals surface area contributed by atoms with Crippen molar-refractivity contribution in [3.63, 3.8) is 0 Å². The molecule has 2 heterocycles. The van der Waals surface area contributed by atoms with Gasteiger partial charge in [-0.3, -0.25) is 4.79 Å². The first-order chi connectivity index (χ1) is 11.2. The minimum Gasteiger partial charge on any atom is -0.451 e. The molecule has 0 aliphatic carbocycles. The maximum Gasteiger partial charge on any atom is 0.287 e. The monoisotopic (exact) mass is 314 g/mol. The number of rotatable bonds is 6. The number of likely N-dealkylation sites (tertiary alicyclic amines) is 1. The van der Waals surface area contributed by atoms with Crippen LogP contribution in [0.4, 0.5) is 0 Å². The summed E-state index contributed by atoms with van der Waals surface area (Å²) in [6, 6.07) is 9.50. The smallest absolute Gasteiger partial charge is 0.287 e. The number of nitrogens with zero attached hydrogens (tertiary/aromatic N) is 1. The van der Waals surface area contributed by atoms with Gasteiger partial charge in [0.15, 0.2) is 5.76 Å². The van der Waals surface area contributed by atoms with Crippen LogP contribution in [0.15, 0.2) is 34.7 Å². The maximum atomic E-state index is 12.1. The summed E-state index contributed by atoms with van der Waals surface area (Å²) in [5.74, 6) is 1.17. The van der Waals surface area contributed by atoms with Crippen molar-refractivity contribution < 1.29 is 9.21 Å². The van der Waals surface area contributed by atoms with Crippen molar-refractivity contribution in [2.75, 3.05) is 26.2 Å². The molecular weight excluding hydrogens is 288 g/mol. The predicted molar refractivity (Wildman–Crippen MR) is 92.6 cm³/mol. The number of amides is 1. The summed E-state index contributed by atoms with van der Waals surface area (Å²) >= 11 is 0. The summed E-state index contributed by atoms with van der Waals surface area (Å²) in [6.07, 6.45) is 4.79. The number of piperidine rings is 1. The Hall–Kier alpha value is -1.81. The molecule has 0 saturated carbocycles. The number of fused-ring (bicyclic) bond motifs is 1. The highest BCUT2D eigenvalue weighted by Crippen LogP contribution is 2.18. The first-order valence-corrected chi connectivity index (χ1v) is 8.71. The Bertz CT molecular complexity index is 609. The van der Waals surface area contributed by atoms with E-state index < -0.39 is 0 Å². The second-order valence-corrected chi connectivity index (χ2v) is 6.64. The number of nitrogens with one attached hydrogen (secondary N) is 1. The third-order valence-corrected chi connectivity index (χ3v) is 4.71. The van der Waals surface area contributed by atoms with Crippen molar-refractivity contribution >= 4 is 16.9 Å². The number of unbranched alkanes of at least 4 members (excludes halogenated alkanes) is 1. The van der Waals surface area contributed by atoms with Gasteiger partial charge in [0.1, 0.15) is 5.58 Å². The van der Waals surface area contributed by atoms with Gasteiger partial charge in [-0.05, 0) is 63.4 Å². The molecule has 1 aliphatic rings. The Morgan fingerprint density at radius 3 is 2.83 bits per heavy atom. The fraction of sp³-hybridized carbons (Fsp3) is 0.526. The van der Waals surface area contributed by atoms with Crippen LogP contribution in [0.25, 0.3) is 11.0 Å². The minimum absolute atomic E-state index is 0.118. The van der Waals surface area contributed by atoms with Crippen molar-refractivity contribution in [2.45, 2.75) is 32.6 Å². The van der Waals surface area contributed by atoms with Gasteiger partial charge in [-0.1, -0.05) is 25.1 Å². The van der Waals surface area contributed by atoms with Crippen LogP contribution in [0, 0.1) is 5.92 Å². The number of benzene rings is 1. The average molecular weight is 314 g/mol. The zero-order valence-corrected chi connectivity index (χ0v) is 13.9. The molecule has 23 heavy (non-hydrogen) atoms. The Balaban J connectivity index is 1.36. The maximum absolute atomic E-state index is 12.1. The van der Waals surface area contributed by atoms with Crippen LogP contribution in [0.1, 0.15) is 43.2 Å². The number of hydrogen-bond donors (Lipinski definition) is 1. The second-order valence-electron chi connectivity index (χ2n) is 6.64. The van der Waals surface area contributed by atoms with Crippen LogP contribution in [0.2, 0.25) is 0 Å². The van der Waals surface area contributed by atoms with Crippen LogP contribution in [0.3, 0.4) is 0 Å². The molecule has 4 nitrogen and oxygen atoms in total. The van der Waals surface area contributed by atoms with Gasteiger partial charge in [-0.15, -0.1) is 0 Å². The van der Waals surface area contributed by atoms with E-state index in [-0.39, 0.29) is 5.91 Å². The van der Waals surface area contributed by atoms with E-state index in [0.717, 1.165) is 36.3 Å². The first kappa shape index (κ1) is 16.1. The molecular formula is C19H26N2O2. The van der Waals surface area contributed by atoms with Gasteiger partial charge in [0.2, 0.25) is 0 Å². The van der Waals surface area contributed by atoms with Crippen molar-refractivity contribution in [3.8, 4) is 0 Å². The first-order valence-electron chi connectivity index (χ1n) is 8.71. The molecule has 3 rings (SSSR count). The van der Waals surface area contributed by atoms with Crippen molar-refractivity contribution in [3.05, 3.63) is 36.1 Å². The number of para-hydroxylation sites is 1. The van der Waals surface area contributed by atoms with Crippen molar-refractivity contribution in [2.24, 2.45) is 5.92 Å². The minimum atomic E-state index is -0.118. The standard InChI is InChI=1S/C19H26N2O2/c1-15-8-12-21(13-9-15)11-5-4-10-20-19(22)18-14-16-6-2-3-7-17(16)23-18/h2-3,6-7,14-15H,4-5,8-13H2,1H3,(H,20,22). The van der Waals surface area contributed by atoms with Gasteiger partial charge < -0.3 is 14.6 Å². The molecule has 1 aromatic heterocycles. The molecule has 1 aromatic carbocycles. The van der Waals surface area contributed by atoms with Gasteiger partial charge >= 0.3 is 0 Å². The van der Waals surface area contributed by atoms with E-state index >= 15 is 0 Å². The van der Waals surface area contributed by atoms with E-state index in [0.29, 0.717) is 12.3 Å². The van der Waals surface area contributed by atoms with Gasteiger partial charge in [0, 0.05) is 11.9 Å². The third kappa shape index (κ3) is 4.35. The van der Waals surface area contributed by atoms with Crippen molar-refractivity contribution in [1.29, 1.82) is 0 Å². The lowest BCUT2D eigenvalue weighted by molar-refractivity contribution is 0.0926. The average Bonchev–Trinajstić information content (AvgIpc) is 3.00. The van der Waals surface area contributed by atoms with Gasteiger partial charge in [-0.2, -0.15) is 0 Å². The fourth-order valence-corrected chi connectivity index (χ4v) is 3.13. The summed E-state index contributed by atoms with van der Waals surface area (Å²) < 4.78 is 5.57. The Morgan fingerprint density at radius 2 is 2.04 bits per heavy atom. The SMILES string of the molecule is CC1CCN(CCCCNC(=O)c2cc3ccccc3o2)CC1. The highest BCUT2D eigenvalue weighted by atomic mass is 16.3. The molecule has 0 spiro atoms. The molecule has 1 saturated heterocycles. The summed E-state index contributed by atoms with van der Waals surface area (Å²) in [5, 5.41) is 3.92. The molecule has 0 unspecified atom stereocenters. The summed E-state index contributed by atoms with van der Waals surface area (Å²) in [4.78, 5) is 14.6.